The van der Waals surface area contributed by atoms with E-state index in [0.717, 1.165) is 8.78 Å². The van der Waals surface area contributed by atoms with Crippen molar-refractivity contribution in [1.82, 2.24) is 5.43 Å². The van der Waals surface area contributed by atoms with Crippen molar-refractivity contribution in [3.8, 4) is 5.75 Å². The molecule has 0 heterocycles. The summed E-state index contributed by atoms with van der Waals surface area (Å²) in [6.45, 7) is 1.20. The Labute approximate surface area is 206 Å². The van der Waals surface area contributed by atoms with Crippen LogP contribution in [0.25, 0.3) is 0 Å². The molecule has 3 rings (SSSR count). The topological polar surface area (TPSA) is 88.1 Å². The van der Waals surface area contributed by atoms with Crippen molar-refractivity contribution in [1.29, 1.82) is 0 Å². The van der Waals surface area contributed by atoms with Crippen molar-refractivity contribution < 1.29 is 17.9 Å². The third-order valence-electron chi connectivity index (χ3n) is 4.71. The molecule has 0 spiro atoms. The number of carbonyl (C=O) groups is 1. The van der Waals surface area contributed by atoms with E-state index in [1.807, 2.05) is 6.07 Å². The van der Waals surface area contributed by atoms with Gasteiger partial charge < -0.3 is 4.74 Å². The van der Waals surface area contributed by atoms with Crippen LogP contribution in [0.3, 0.4) is 0 Å². The number of nitrogens with zero attached hydrogens (tertiary/aromatic N) is 2. The van der Waals surface area contributed by atoms with Crippen LogP contribution in [-0.4, -0.2) is 34.2 Å². The molecule has 0 saturated heterocycles. The fraction of sp³-hybridized carbons (Fsp3) is 0.130. The molecule has 0 radical (unpaired) electrons. The number of benzene rings is 3. The average Bonchev–Trinajstić information content (AvgIpc) is 2.80. The molecule has 0 aliphatic carbocycles. The number of anilines is 1. The summed E-state index contributed by atoms with van der Waals surface area (Å²) in [5, 5.41) is 4.35. The van der Waals surface area contributed by atoms with Crippen LogP contribution >= 0.6 is 27.5 Å². The molecule has 172 valence electrons. The van der Waals surface area contributed by atoms with Crippen molar-refractivity contribution in [2.45, 2.75) is 11.8 Å². The Morgan fingerprint density at radius 1 is 1.15 bits per heavy atom. The molecule has 3 aromatic rings. The first-order valence-corrected chi connectivity index (χ1v) is 12.3. The Hall–Kier alpha value is -2.88. The Bertz CT molecular complexity index is 1280. The summed E-state index contributed by atoms with van der Waals surface area (Å²) in [4.78, 5) is 12.8. The Kier molecular flexibility index (Phi) is 8.12. The number of hydrogen-bond donors (Lipinski definition) is 1. The predicted molar refractivity (Wildman–Crippen MR) is 134 cm³/mol. The monoisotopic (exact) mass is 549 g/mol. The zero-order valence-corrected chi connectivity index (χ0v) is 21.0. The molecular weight excluding hydrogens is 530 g/mol. The van der Waals surface area contributed by atoms with E-state index >= 15 is 0 Å². The number of ether oxygens (including phenoxy) is 1. The molecule has 0 bridgehead atoms. The minimum absolute atomic E-state index is 0.0551. The minimum atomic E-state index is -4.05. The average molecular weight is 551 g/mol. The molecule has 33 heavy (non-hydrogen) atoms. The third kappa shape index (κ3) is 5.93. The van der Waals surface area contributed by atoms with Gasteiger partial charge in [-0.25, -0.2) is 13.8 Å². The van der Waals surface area contributed by atoms with Gasteiger partial charge in [-0.3, -0.25) is 9.10 Å². The van der Waals surface area contributed by atoms with Crippen molar-refractivity contribution in [3.63, 3.8) is 0 Å². The van der Waals surface area contributed by atoms with E-state index in [4.69, 9.17) is 16.3 Å². The van der Waals surface area contributed by atoms with Crippen LogP contribution < -0.4 is 14.5 Å². The number of sulfonamides is 1. The van der Waals surface area contributed by atoms with Gasteiger partial charge in [-0.05, 0) is 55.0 Å². The summed E-state index contributed by atoms with van der Waals surface area (Å²) in [6.07, 6.45) is 1.42. The van der Waals surface area contributed by atoms with Gasteiger partial charge >= 0.3 is 0 Å². The summed E-state index contributed by atoms with van der Waals surface area (Å²) in [5.41, 5.74) is 3.85. The number of nitrogens with one attached hydrogen (secondary N) is 1. The Balaban J connectivity index is 1.89. The fourth-order valence-electron chi connectivity index (χ4n) is 3.03. The summed E-state index contributed by atoms with van der Waals surface area (Å²) < 4.78 is 33.9. The maximum absolute atomic E-state index is 13.4. The number of carbonyl (C=O) groups excluding carboxylic acids is 1. The molecule has 1 amide bonds. The van der Waals surface area contributed by atoms with Crippen molar-refractivity contribution in [3.05, 3.63) is 87.4 Å². The maximum atomic E-state index is 13.4. The number of hydrogen-bond acceptors (Lipinski definition) is 5. The standard InChI is InChI=1S/C23H21BrClN3O4S/c1-16-20(25)9-6-10-21(16)28(33(30,31)19-7-4-3-5-8-19)15-23(29)27-26-14-17-13-18(24)11-12-22(17)32-2/h3-14H,15H2,1-2H3,(H,27,29)/b26-14-. The van der Waals surface area contributed by atoms with Gasteiger partial charge in [0.05, 0.1) is 23.9 Å². The summed E-state index contributed by atoms with van der Waals surface area (Å²) >= 11 is 9.59. The highest BCUT2D eigenvalue weighted by Gasteiger charge is 2.28. The molecule has 0 aliphatic rings. The number of methoxy groups -OCH3 is 1. The van der Waals surface area contributed by atoms with Crippen molar-refractivity contribution in [2.24, 2.45) is 5.10 Å². The highest BCUT2D eigenvalue weighted by molar-refractivity contribution is 9.10. The van der Waals surface area contributed by atoms with Gasteiger partial charge in [0, 0.05) is 15.1 Å². The highest BCUT2D eigenvalue weighted by atomic mass is 79.9. The van der Waals surface area contributed by atoms with E-state index in [1.54, 1.807) is 55.5 Å². The molecular formula is C23H21BrClN3O4S. The third-order valence-corrected chi connectivity index (χ3v) is 7.39. The first kappa shape index (κ1) is 24.8. The predicted octanol–water partition coefficient (Wildman–Crippen LogP) is 4.77. The van der Waals surface area contributed by atoms with Gasteiger partial charge in [0.15, 0.2) is 0 Å². The SMILES string of the molecule is COc1ccc(Br)cc1/C=N\NC(=O)CN(c1cccc(Cl)c1C)S(=O)(=O)c1ccccc1. The zero-order chi connectivity index (χ0) is 24.0. The zero-order valence-electron chi connectivity index (χ0n) is 17.8. The van der Waals surface area contributed by atoms with E-state index in [1.165, 1.54) is 25.5 Å². The van der Waals surface area contributed by atoms with Gasteiger partial charge in [-0.15, -0.1) is 0 Å². The fourth-order valence-corrected chi connectivity index (χ4v) is 5.08. The second kappa shape index (κ2) is 10.8. The Morgan fingerprint density at radius 3 is 2.58 bits per heavy atom. The lowest BCUT2D eigenvalue weighted by atomic mass is 10.2. The van der Waals surface area contributed by atoms with Crippen LogP contribution in [0.2, 0.25) is 5.02 Å². The van der Waals surface area contributed by atoms with Crippen LogP contribution in [0.1, 0.15) is 11.1 Å². The molecule has 0 unspecified atom stereocenters. The van der Waals surface area contributed by atoms with Crippen LogP contribution in [-0.2, 0) is 14.8 Å². The minimum Gasteiger partial charge on any atom is -0.496 e. The lowest BCUT2D eigenvalue weighted by Gasteiger charge is -2.25. The van der Waals surface area contributed by atoms with E-state index in [9.17, 15) is 13.2 Å². The molecule has 0 saturated carbocycles. The lowest BCUT2D eigenvalue weighted by molar-refractivity contribution is -0.119. The van der Waals surface area contributed by atoms with Crippen LogP contribution in [0.15, 0.2) is 81.2 Å². The van der Waals surface area contributed by atoms with Gasteiger partial charge in [0.1, 0.15) is 12.3 Å². The molecule has 0 aliphatic heterocycles. The number of amides is 1. The summed E-state index contributed by atoms with van der Waals surface area (Å²) in [7, 11) is -2.52. The molecule has 1 N–H and O–H groups in total. The molecule has 0 aromatic heterocycles. The number of hydrazone groups is 1. The lowest BCUT2D eigenvalue weighted by Crippen LogP contribution is -2.40. The van der Waals surface area contributed by atoms with Gasteiger partial charge in [0.2, 0.25) is 0 Å². The van der Waals surface area contributed by atoms with Crippen molar-refractivity contribution >= 4 is 55.4 Å². The van der Waals surface area contributed by atoms with E-state index in [-0.39, 0.29) is 4.90 Å². The maximum Gasteiger partial charge on any atom is 0.264 e. The second-order valence-electron chi connectivity index (χ2n) is 6.89. The Morgan fingerprint density at radius 2 is 1.88 bits per heavy atom. The van der Waals surface area contributed by atoms with E-state index in [0.29, 0.717) is 27.6 Å². The van der Waals surface area contributed by atoms with Gasteiger partial charge in [-0.1, -0.05) is 51.8 Å². The van der Waals surface area contributed by atoms with Crippen molar-refractivity contribution in [2.75, 3.05) is 18.0 Å². The first-order valence-electron chi connectivity index (χ1n) is 9.72. The quantitative estimate of drug-likeness (QED) is 0.323. The van der Waals surface area contributed by atoms with Gasteiger partial charge in [0.25, 0.3) is 15.9 Å². The van der Waals surface area contributed by atoms with Crippen LogP contribution in [0, 0.1) is 6.92 Å². The van der Waals surface area contributed by atoms with Crippen LogP contribution in [0.5, 0.6) is 5.75 Å². The van der Waals surface area contributed by atoms with Crippen LogP contribution in [0.4, 0.5) is 5.69 Å². The molecule has 10 heteroatoms. The van der Waals surface area contributed by atoms with E-state index in [2.05, 4.69) is 26.5 Å². The van der Waals surface area contributed by atoms with E-state index < -0.39 is 22.5 Å². The normalized spacial score (nSPS) is 11.4. The molecule has 0 fully saturated rings. The molecule has 0 atom stereocenters. The molecule has 7 nitrogen and oxygen atoms in total. The number of halogens is 2. The largest absolute Gasteiger partial charge is 0.496 e. The van der Waals surface area contributed by atoms with Gasteiger partial charge in [-0.2, -0.15) is 5.10 Å². The first-order chi connectivity index (χ1) is 15.7. The smallest absolute Gasteiger partial charge is 0.264 e. The summed E-state index contributed by atoms with van der Waals surface area (Å²) in [6, 6.07) is 18.1. The highest BCUT2D eigenvalue weighted by Crippen LogP contribution is 2.30. The number of rotatable bonds is 8. The second-order valence-corrected chi connectivity index (χ2v) is 10.1. The molecule has 3 aromatic carbocycles. The summed E-state index contributed by atoms with van der Waals surface area (Å²) in [5.74, 6) is -0.0573.